The third-order valence-electron chi connectivity index (χ3n) is 4.13. The monoisotopic (exact) mass is 339 g/mol. The number of hydrogen-bond donors (Lipinski definition) is 2. The van der Waals surface area contributed by atoms with Gasteiger partial charge in [0.1, 0.15) is 11.8 Å². The SMILES string of the molecule is CC(Nc1ccc2c(c1)OCC(=O)N2C)C(=O)NCc1ccccc1. The number of rotatable bonds is 5. The maximum absolute atomic E-state index is 12.2. The number of likely N-dealkylation sites (N-methyl/N-ethyl adjacent to an activating group) is 1. The van der Waals surface area contributed by atoms with Gasteiger partial charge in [-0.2, -0.15) is 0 Å². The number of benzene rings is 2. The van der Waals surface area contributed by atoms with Crippen LogP contribution in [0.4, 0.5) is 11.4 Å². The fraction of sp³-hybridized carbons (Fsp3) is 0.263. The molecular weight excluding hydrogens is 318 g/mol. The number of amides is 2. The lowest BCUT2D eigenvalue weighted by Crippen LogP contribution is -2.37. The second-order valence-electron chi connectivity index (χ2n) is 5.99. The van der Waals surface area contributed by atoms with Crippen molar-refractivity contribution in [3.63, 3.8) is 0 Å². The molecule has 3 rings (SSSR count). The summed E-state index contributed by atoms with van der Waals surface area (Å²) in [5.41, 5.74) is 2.55. The van der Waals surface area contributed by atoms with Gasteiger partial charge in [-0.15, -0.1) is 0 Å². The molecule has 6 heteroatoms. The van der Waals surface area contributed by atoms with E-state index in [4.69, 9.17) is 4.74 Å². The Kier molecular flexibility index (Phi) is 4.88. The van der Waals surface area contributed by atoms with E-state index in [1.165, 1.54) is 0 Å². The summed E-state index contributed by atoms with van der Waals surface area (Å²) in [6, 6.07) is 14.8. The van der Waals surface area contributed by atoms with E-state index < -0.39 is 6.04 Å². The van der Waals surface area contributed by atoms with Gasteiger partial charge >= 0.3 is 0 Å². The summed E-state index contributed by atoms with van der Waals surface area (Å²) in [5.74, 6) is 0.459. The van der Waals surface area contributed by atoms with E-state index in [1.54, 1.807) is 24.9 Å². The van der Waals surface area contributed by atoms with Crippen LogP contribution < -0.4 is 20.3 Å². The van der Waals surface area contributed by atoms with Crippen LogP contribution in [0.5, 0.6) is 5.75 Å². The van der Waals surface area contributed by atoms with Crippen molar-refractivity contribution in [2.45, 2.75) is 19.5 Å². The van der Waals surface area contributed by atoms with E-state index in [9.17, 15) is 9.59 Å². The molecule has 25 heavy (non-hydrogen) atoms. The molecule has 0 bridgehead atoms. The first-order chi connectivity index (χ1) is 12.0. The first-order valence-corrected chi connectivity index (χ1v) is 8.16. The Morgan fingerprint density at radius 2 is 2.00 bits per heavy atom. The van der Waals surface area contributed by atoms with Crippen molar-refractivity contribution in [1.82, 2.24) is 5.32 Å². The van der Waals surface area contributed by atoms with Crippen LogP contribution in [0.25, 0.3) is 0 Å². The first-order valence-electron chi connectivity index (χ1n) is 8.16. The third kappa shape index (κ3) is 3.91. The maximum Gasteiger partial charge on any atom is 0.264 e. The zero-order chi connectivity index (χ0) is 17.8. The van der Waals surface area contributed by atoms with Crippen molar-refractivity contribution >= 4 is 23.2 Å². The van der Waals surface area contributed by atoms with Crippen molar-refractivity contribution < 1.29 is 14.3 Å². The molecule has 0 saturated carbocycles. The summed E-state index contributed by atoms with van der Waals surface area (Å²) in [6.07, 6.45) is 0. The highest BCUT2D eigenvalue weighted by atomic mass is 16.5. The Labute approximate surface area is 146 Å². The minimum atomic E-state index is -0.398. The largest absolute Gasteiger partial charge is 0.481 e. The van der Waals surface area contributed by atoms with Gasteiger partial charge in [0.15, 0.2) is 6.61 Å². The van der Waals surface area contributed by atoms with Crippen molar-refractivity contribution in [2.75, 3.05) is 23.9 Å². The number of nitrogens with one attached hydrogen (secondary N) is 2. The number of carbonyl (C=O) groups excluding carboxylic acids is 2. The smallest absolute Gasteiger partial charge is 0.264 e. The molecule has 2 amide bonds. The molecule has 1 heterocycles. The molecule has 1 aliphatic heterocycles. The van der Waals surface area contributed by atoms with Gasteiger partial charge in [0.25, 0.3) is 5.91 Å². The fourth-order valence-electron chi connectivity index (χ4n) is 2.62. The summed E-state index contributed by atoms with van der Waals surface area (Å²) >= 11 is 0. The number of hydrogen-bond acceptors (Lipinski definition) is 4. The Bertz CT molecular complexity index is 777. The predicted octanol–water partition coefficient (Wildman–Crippen LogP) is 2.16. The van der Waals surface area contributed by atoms with E-state index >= 15 is 0 Å². The molecule has 1 aliphatic rings. The van der Waals surface area contributed by atoms with E-state index in [2.05, 4.69) is 10.6 Å². The van der Waals surface area contributed by atoms with E-state index in [0.717, 1.165) is 16.9 Å². The number of ether oxygens (including phenoxy) is 1. The second-order valence-corrected chi connectivity index (χ2v) is 5.99. The summed E-state index contributed by atoms with van der Waals surface area (Å²) in [6.45, 7) is 2.32. The quantitative estimate of drug-likeness (QED) is 0.876. The van der Waals surface area contributed by atoms with Crippen LogP contribution in [0.15, 0.2) is 48.5 Å². The molecule has 6 nitrogen and oxygen atoms in total. The Hall–Kier alpha value is -3.02. The standard InChI is InChI=1S/C19H21N3O3/c1-13(19(24)20-11-14-6-4-3-5-7-14)21-15-8-9-16-17(10-15)25-12-18(23)22(16)2/h3-10,13,21H,11-12H2,1-2H3,(H,20,24). The summed E-state index contributed by atoms with van der Waals surface area (Å²) in [5, 5.41) is 6.07. The fourth-order valence-corrected chi connectivity index (χ4v) is 2.62. The molecule has 0 aromatic heterocycles. The number of carbonyl (C=O) groups is 2. The van der Waals surface area contributed by atoms with Gasteiger partial charge < -0.3 is 20.3 Å². The Morgan fingerprint density at radius 3 is 2.76 bits per heavy atom. The minimum absolute atomic E-state index is 0.0278. The lowest BCUT2D eigenvalue weighted by molar-refractivity contribution is -0.122. The predicted molar refractivity (Wildman–Crippen MR) is 96.7 cm³/mol. The van der Waals surface area contributed by atoms with Crippen LogP contribution >= 0.6 is 0 Å². The topological polar surface area (TPSA) is 70.7 Å². The van der Waals surface area contributed by atoms with Gasteiger partial charge in [-0.25, -0.2) is 0 Å². The average molecular weight is 339 g/mol. The summed E-state index contributed by atoms with van der Waals surface area (Å²) < 4.78 is 5.46. The van der Waals surface area contributed by atoms with Gasteiger partial charge in [0, 0.05) is 25.3 Å². The molecule has 2 aromatic carbocycles. The van der Waals surface area contributed by atoms with Crippen LogP contribution in [0.3, 0.4) is 0 Å². The lowest BCUT2D eigenvalue weighted by Gasteiger charge is -2.26. The van der Waals surface area contributed by atoms with E-state index in [0.29, 0.717) is 12.3 Å². The van der Waals surface area contributed by atoms with Crippen molar-refractivity contribution in [1.29, 1.82) is 0 Å². The zero-order valence-electron chi connectivity index (χ0n) is 14.3. The molecule has 1 atom stereocenters. The Balaban J connectivity index is 1.60. The van der Waals surface area contributed by atoms with Gasteiger partial charge in [0.05, 0.1) is 5.69 Å². The van der Waals surface area contributed by atoms with Crippen molar-refractivity contribution in [3.05, 3.63) is 54.1 Å². The van der Waals surface area contributed by atoms with Gasteiger partial charge in [-0.1, -0.05) is 30.3 Å². The Morgan fingerprint density at radius 1 is 1.24 bits per heavy atom. The number of fused-ring (bicyclic) bond motifs is 1. The van der Waals surface area contributed by atoms with Gasteiger partial charge in [0.2, 0.25) is 5.91 Å². The highest BCUT2D eigenvalue weighted by molar-refractivity contribution is 5.97. The van der Waals surface area contributed by atoms with Gasteiger partial charge in [-0.3, -0.25) is 9.59 Å². The van der Waals surface area contributed by atoms with Crippen LogP contribution in [0.2, 0.25) is 0 Å². The zero-order valence-corrected chi connectivity index (χ0v) is 14.3. The summed E-state index contributed by atoms with van der Waals surface area (Å²) in [4.78, 5) is 25.4. The molecule has 0 spiro atoms. The first kappa shape index (κ1) is 16.8. The summed E-state index contributed by atoms with van der Waals surface area (Å²) in [7, 11) is 1.72. The van der Waals surface area contributed by atoms with Crippen LogP contribution in [0.1, 0.15) is 12.5 Å². The average Bonchev–Trinajstić information content (AvgIpc) is 2.63. The molecule has 130 valence electrons. The van der Waals surface area contributed by atoms with E-state index in [-0.39, 0.29) is 18.4 Å². The van der Waals surface area contributed by atoms with E-state index in [1.807, 2.05) is 42.5 Å². The highest BCUT2D eigenvalue weighted by Gasteiger charge is 2.22. The van der Waals surface area contributed by atoms with Crippen LogP contribution in [-0.4, -0.2) is 31.5 Å². The lowest BCUT2D eigenvalue weighted by atomic mass is 10.2. The molecule has 2 aromatic rings. The van der Waals surface area contributed by atoms with Crippen molar-refractivity contribution in [2.24, 2.45) is 0 Å². The molecule has 0 radical (unpaired) electrons. The molecule has 0 aliphatic carbocycles. The molecule has 0 fully saturated rings. The highest BCUT2D eigenvalue weighted by Crippen LogP contribution is 2.33. The molecule has 1 unspecified atom stereocenters. The molecule has 0 saturated heterocycles. The maximum atomic E-state index is 12.2. The van der Waals surface area contributed by atoms with Crippen molar-refractivity contribution in [3.8, 4) is 5.75 Å². The minimum Gasteiger partial charge on any atom is -0.481 e. The number of anilines is 2. The molecular formula is C19H21N3O3. The van der Waals surface area contributed by atoms with Gasteiger partial charge in [-0.05, 0) is 24.6 Å². The number of nitrogens with zero attached hydrogens (tertiary/aromatic N) is 1. The normalized spacial score (nSPS) is 14.3. The second kappa shape index (κ2) is 7.25. The van der Waals surface area contributed by atoms with Crippen LogP contribution in [-0.2, 0) is 16.1 Å². The third-order valence-corrected chi connectivity index (χ3v) is 4.13. The molecule has 2 N–H and O–H groups in total. The van der Waals surface area contributed by atoms with Crippen LogP contribution in [0, 0.1) is 0 Å².